The highest BCUT2D eigenvalue weighted by atomic mass is 35.5. The number of pyridine rings is 1. The average molecular weight is 334 g/mol. The SMILES string of the molecule is CC(C)CC(NCC(=O)Nc1ncc(Cl)cc1Cl)C(=O)O. The maximum atomic E-state index is 11.8. The van der Waals surface area contributed by atoms with E-state index in [1.54, 1.807) is 0 Å². The van der Waals surface area contributed by atoms with Gasteiger partial charge in [-0.1, -0.05) is 37.0 Å². The molecule has 8 heteroatoms. The Balaban J connectivity index is 2.54. The van der Waals surface area contributed by atoms with Crippen molar-refractivity contribution in [3.8, 4) is 0 Å². The van der Waals surface area contributed by atoms with Gasteiger partial charge < -0.3 is 10.4 Å². The van der Waals surface area contributed by atoms with E-state index in [-0.39, 0.29) is 23.3 Å². The van der Waals surface area contributed by atoms with Gasteiger partial charge in [0.25, 0.3) is 0 Å². The van der Waals surface area contributed by atoms with Crippen molar-refractivity contribution in [2.24, 2.45) is 5.92 Å². The van der Waals surface area contributed by atoms with Gasteiger partial charge in [-0.05, 0) is 18.4 Å². The van der Waals surface area contributed by atoms with Gasteiger partial charge in [0.2, 0.25) is 5.91 Å². The minimum atomic E-state index is -0.987. The van der Waals surface area contributed by atoms with Crippen LogP contribution in [-0.4, -0.2) is 34.6 Å². The molecule has 0 aliphatic carbocycles. The fourth-order valence-corrected chi connectivity index (χ4v) is 2.07. The molecule has 1 rings (SSSR count). The largest absolute Gasteiger partial charge is 0.480 e. The zero-order chi connectivity index (χ0) is 16.0. The van der Waals surface area contributed by atoms with Gasteiger partial charge in [-0.15, -0.1) is 0 Å². The van der Waals surface area contributed by atoms with E-state index >= 15 is 0 Å². The number of nitrogens with one attached hydrogen (secondary N) is 2. The van der Waals surface area contributed by atoms with Crippen molar-refractivity contribution in [1.29, 1.82) is 0 Å². The molecule has 21 heavy (non-hydrogen) atoms. The first-order chi connectivity index (χ1) is 9.79. The minimum Gasteiger partial charge on any atom is -0.480 e. The topological polar surface area (TPSA) is 91.3 Å². The van der Waals surface area contributed by atoms with Gasteiger partial charge in [0.15, 0.2) is 5.82 Å². The standard InChI is InChI=1S/C13H17Cl2N3O3/c1-7(2)3-10(13(20)21)16-6-11(19)18-12-9(15)4-8(14)5-17-12/h4-5,7,10,16H,3,6H2,1-2H3,(H,20,21)(H,17,18,19). The van der Waals surface area contributed by atoms with Gasteiger partial charge >= 0.3 is 5.97 Å². The third-order valence-corrected chi connectivity index (χ3v) is 3.07. The van der Waals surface area contributed by atoms with E-state index in [1.807, 2.05) is 13.8 Å². The van der Waals surface area contributed by atoms with Gasteiger partial charge in [-0.3, -0.25) is 14.9 Å². The monoisotopic (exact) mass is 333 g/mol. The molecule has 0 saturated heterocycles. The molecule has 0 fully saturated rings. The van der Waals surface area contributed by atoms with E-state index in [0.29, 0.717) is 11.4 Å². The van der Waals surface area contributed by atoms with Crippen LogP contribution in [0.3, 0.4) is 0 Å². The van der Waals surface area contributed by atoms with Crippen molar-refractivity contribution in [1.82, 2.24) is 10.3 Å². The molecule has 0 bridgehead atoms. The Labute approximate surface area is 132 Å². The normalized spacial score (nSPS) is 12.2. The maximum Gasteiger partial charge on any atom is 0.320 e. The Kier molecular flexibility index (Phi) is 6.87. The average Bonchev–Trinajstić information content (AvgIpc) is 2.37. The van der Waals surface area contributed by atoms with Crippen LogP contribution in [0.25, 0.3) is 0 Å². The maximum absolute atomic E-state index is 11.8. The molecule has 6 nitrogen and oxygen atoms in total. The molecule has 1 atom stereocenters. The number of hydrogen-bond acceptors (Lipinski definition) is 4. The quantitative estimate of drug-likeness (QED) is 0.712. The lowest BCUT2D eigenvalue weighted by Gasteiger charge is -2.16. The first-order valence-corrected chi connectivity index (χ1v) is 7.12. The number of carboxylic acids is 1. The van der Waals surface area contributed by atoms with E-state index < -0.39 is 17.9 Å². The van der Waals surface area contributed by atoms with E-state index in [4.69, 9.17) is 28.3 Å². The highest BCUT2D eigenvalue weighted by molar-refractivity contribution is 6.36. The lowest BCUT2D eigenvalue weighted by Crippen LogP contribution is -2.42. The molecule has 1 unspecified atom stereocenters. The highest BCUT2D eigenvalue weighted by Gasteiger charge is 2.19. The summed E-state index contributed by atoms with van der Waals surface area (Å²) in [6.07, 6.45) is 1.79. The predicted octanol–water partition coefficient (Wildman–Crippen LogP) is 2.42. The van der Waals surface area contributed by atoms with E-state index in [9.17, 15) is 9.59 Å². The summed E-state index contributed by atoms with van der Waals surface area (Å²) in [6, 6.07) is 0.683. The number of aromatic nitrogens is 1. The molecule has 0 aliphatic rings. The molecule has 0 spiro atoms. The molecule has 0 saturated carbocycles. The number of carbonyl (C=O) groups is 2. The van der Waals surface area contributed by atoms with Crippen molar-refractivity contribution in [2.45, 2.75) is 26.3 Å². The molecule has 1 aromatic rings. The van der Waals surface area contributed by atoms with Gasteiger partial charge in [-0.2, -0.15) is 0 Å². The number of carboxylic acid groups (broad SMARTS) is 1. The Bertz CT molecular complexity index is 523. The molecule has 1 heterocycles. The first-order valence-electron chi connectivity index (χ1n) is 6.36. The van der Waals surface area contributed by atoms with Crippen molar-refractivity contribution in [3.63, 3.8) is 0 Å². The summed E-state index contributed by atoms with van der Waals surface area (Å²) in [5.41, 5.74) is 0. The fourth-order valence-electron chi connectivity index (χ4n) is 1.64. The number of nitrogens with zero attached hydrogens (tertiary/aromatic N) is 1. The number of halogens is 2. The molecule has 116 valence electrons. The second-order valence-electron chi connectivity index (χ2n) is 4.93. The molecule has 0 radical (unpaired) electrons. The van der Waals surface area contributed by atoms with Crippen LogP contribution in [-0.2, 0) is 9.59 Å². The van der Waals surface area contributed by atoms with Gasteiger partial charge in [0, 0.05) is 6.20 Å². The van der Waals surface area contributed by atoms with Crippen molar-refractivity contribution in [2.75, 3.05) is 11.9 Å². The Morgan fingerprint density at radius 3 is 2.57 bits per heavy atom. The number of aliphatic carboxylic acids is 1. The predicted molar refractivity (Wildman–Crippen MR) is 81.8 cm³/mol. The lowest BCUT2D eigenvalue weighted by molar-refractivity contribution is -0.139. The number of hydrogen-bond donors (Lipinski definition) is 3. The van der Waals surface area contributed by atoms with Crippen molar-refractivity contribution < 1.29 is 14.7 Å². The zero-order valence-electron chi connectivity index (χ0n) is 11.7. The number of amides is 1. The summed E-state index contributed by atoms with van der Waals surface area (Å²) < 4.78 is 0. The van der Waals surface area contributed by atoms with Crippen molar-refractivity contribution in [3.05, 3.63) is 22.3 Å². The third kappa shape index (κ3) is 6.29. The van der Waals surface area contributed by atoms with Crippen LogP contribution < -0.4 is 10.6 Å². The number of anilines is 1. The molecule has 3 N–H and O–H groups in total. The summed E-state index contributed by atoms with van der Waals surface area (Å²) in [4.78, 5) is 26.7. The van der Waals surface area contributed by atoms with E-state index in [2.05, 4.69) is 15.6 Å². The molecule has 0 aliphatic heterocycles. The van der Waals surface area contributed by atoms with Crippen LogP contribution in [0.15, 0.2) is 12.3 Å². The summed E-state index contributed by atoms with van der Waals surface area (Å²) in [5.74, 6) is -1.03. The molecule has 1 aromatic heterocycles. The van der Waals surface area contributed by atoms with Crippen LogP contribution in [0, 0.1) is 5.92 Å². The Hall–Kier alpha value is -1.37. The Morgan fingerprint density at radius 2 is 2.05 bits per heavy atom. The minimum absolute atomic E-state index is 0.148. The van der Waals surface area contributed by atoms with Crippen molar-refractivity contribution >= 4 is 40.9 Å². The summed E-state index contributed by atoms with van der Waals surface area (Å²) in [5, 5.41) is 14.8. The first kappa shape index (κ1) is 17.7. The second kappa shape index (κ2) is 8.17. The molecular weight excluding hydrogens is 317 g/mol. The zero-order valence-corrected chi connectivity index (χ0v) is 13.2. The molecule has 1 amide bonds. The lowest BCUT2D eigenvalue weighted by atomic mass is 10.0. The van der Waals surface area contributed by atoms with E-state index in [1.165, 1.54) is 12.3 Å². The summed E-state index contributed by atoms with van der Waals surface area (Å²) in [7, 11) is 0. The van der Waals surface area contributed by atoms with Crippen LogP contribution in [0.2, 0.25) is 10.0 Å². The summed E-state index contributed by atoms with van der Waals surface area (Å²) in [6.45, 7) is 3.68. The van der Waals surface area contributed by atoms with Crippen LogP contribution in [0.4, 0.5) is 5.82 Å². The van der Waals surface area contributed by atoms with Gasteiger partial charge in [0.1, 0.15) is 6.04 Å². The molecular formula is C13H17Cl2N3O3. The van der Waals surface area contributed by atoms with Crippen LogP contribution in [0.5, 0.6) is 0 Å². The fraction of sp³-hybridized carbons (Fsp3) is 0.462. The smallest absolute Gasteiger partial charge is 0.320 e. The highest BCUT2D eigenvalue weighted by Crippen LogP contribution is 2.22. The molecule has 0 aromatic carbocycles. The van der Waals surface area contributed by atoms with E-state index in [0.717, 1.165) is 0 Å². The number of rotatable bonds is 7. The Morgan fingerprint density at radius 1 is 1.38 bits per heavy atom. The summed E-state index contributed by atoms with van der Waals surface area (Å²) >= 11 is 11.6. The number of carbonyl (C=O) groups excluding carboxylic acids is 1. The van der Waals surface area contributed by atoms with Crippen LogP contribution >= 0.6 is 23.2 Å². The second-order valence-corrected chi connectivity index (χ2v) is 5.78. The third-order valence-electron chi connectivity index (χ3n) is 2.58. The van der Waals surface area contributed by atoms with Gasteiger partial charge in [0.05, 0.1) is 16.6 Å². The van der Waals surface area contributed by atoms with Crippen LogP contribution in [0.1, 0.15) is 20.3 Å². The van der Waals surface area contributed by atoms with Gasteiger partial charge in [-0.25, -0.2) is 4.98 Å².